The molecule has 0 radical (unpaired) electrons. The average Bonchev–Trinajstić information content (AvgIpc) is 3.01. The number of benzene rings is 1. The van der Waals surface area contributed by atoms with Crippen LogP contribution in [0.15, 0.2) is 18.2 Å². The van der Waals surface area contributed by atoms with Crippen molar-refractivity contribution in [3.8, 4) is 0 Å². The molecule has 8 heteroatoms. The summed E-state index contributed by atoms with van der Waals surface area (Å²) in [6, 6.07) is 4.90. The molecule has 1 aromatic heterocycles. The Hall–Kier alpha value is -2.51. The molecule has 2 aromatic rings. The molecule has 0 bridgehead atoms. The second-order valence-corrected chi connectivity index (χ2v) is 9.43. The summed E-state index contributed by atoms with van der Waals surface area (Å²) in [5.74, 6) is -0.0309. The van der Waals surface area contributed by atoms with Gasteiger partial charge in [-0.3, -0.25) is 9.48 Å². The monoisotopic (exact) mass is 422 g/mol. The third kappa shape index (κ3) is 4.79. The maximum atomic E-state index is 13.1. The third-order valence-corrected chi connectivity index (χ3v) is 5.20. The molecule has 1 N–H and O–H groups in total. The van der Waals surface area contributed by atoms with Gasteiger partial charge in [0.05, 0.1) is 18.3 Å². The lowest BCUT2D eigenvalue weighted by atomic mass is 9.92. The number of amides is 1. The minimum atomic E-state index is -4.45. The van der Waals surface area contributed by atoms with Crippen LogP contribution in [0.1, 0.15) is 62.7 Å². The number of aromatic nitrogens is 2. The van der Waals surface area contributed by atoms with Crippen molar-refractivity contribution in [3.05, 3.63) is 40.7 Å². The lowest BCUT2D eigenvalue weighted by Crippen LogP contribution is -2.36. The van der Waals surface area contributed by atoms with E-state index >= 15 is 0 Å². The van der Waals surface area contributed by atoms with Crippen molar-refractivity contribution >= 4 is 17.3 Å². The Balaban J connectivity index is 1.83. The second kappa shape index (κ2) is 7.63. The zero-order chi connectivity index (χ0) is 22.4. The highest BCUT2D eigenvalue weighted by molar-refractivity contribution is 5.93. The first-order chi connectivity index (χ1) is 13.7. The van der Waals surface area contributed by atoms with Gasteiger partial charge in [0.1, 0.15) is 0 Å². The van der Waals surface area contributed by atoms with Gasteiger partial charge >= 0.3 is 6.18 Å². The van der Waals surface area contributed by atoms with E-state index in [0.717, 1.165) is 28.6 Å². The van der Waals surface area contributed by atoms with Crippen molar-refractivity contribution < 1.29 is 18.0 Å². The molecule has 5 nitrogen and oxygen atoms in total. The summed E-state index contributed by atoms with van der Waals surface area (Å²) in [6.07, 6.45) is -4.03. The van der Waals surface area contributed by atoms with E-state index < -0.39 is 11.9 Å². The van der Waals surface area contributed by atoms with Crippen LogP contribution in [-0.2, 0) is 17.5 Å². The van der Waals surface area contributed by atoms with Gasteiger partial charge in [-0.15, -0.1) is 0 Å². The number of carbonyl (C=O) groups is 1. The zero-order valence-corrected chi connectivity index (χ0v) is 18.3. The standard InChI is InChI=1S/C22H29F3N4O/c1-13-7-16(8-14(2)20(13)26-19(30)10-21(4,5)6)28-11-15(3)29-17(12-28)9-18(27-29)22(23,24)25/h7-9,15H,10-12H2,1-6H3,(H,26,30). The number of anilines is 2. The third-order valence-electron chi connectivity index (χ3n) is 5.20. The number of rotatable bonds is 3. The van der Waals surface area contributed by atoms with E-state index in [1.54, 1.807) is 0 Å². The van der Waals surface area contributed by atoms with Crippen LogP contribution in [0.25, 0.3) is 0 Å². The zero-order valence-electron chi connectivity index (χ0n) is 18.3. The number of nitrogens with zero attached hydrogens (tertiary/aromatic N) is 3. The molecular formula is C22H29F3N4O. The molecule has 1 aliphatic heterocycles. The van der Waals surface area contributed by atoms with Crippen molar-refractivity contribution in [2.45, 2.75) is 66.7 Å². The van der Waals surface area contributed by atoms with Crippen molar-refractivity contribution in [3.63, 3.8) is 0 Å². The van der Waals surface area contributed by atoms with Crippen LogP contribution in [0.2, 0.25) is 0 Å². The highest BCUT2D eigenvalue weighted by Crippen LogP contribution is 2.35. The van der Waals surface area contributed by atoms with Gasteiger partial charge in [0.25, 0.3) is 0 Å². The number of fused-ring (bicyclic) bond motifs is 1. The predicted molar refractivity (Wildman–Crippen MR) is 112 cm³/mol. The molecule has 3 rings (SSSR count). The number of carbonyl (C=O) groups excluding carboxylic acids is 1. The minimum absolute atomic E-state index is 0.0309. The summed E-state index contributed by atoms with van der Waals surface area (Å²) in [5, 5.41) is 6.77. The maximum Gasteiger partial charge on any atom is 0.435 e. The van der Waals surface area contributed by atoms with Crippen LogP contribution in [0.5, 0.6) is 0 Å². The average molecular weight is 422 g/mol. The summed E-state index contributed by atoms with van der Waals surface area (Å²) in [6.45, 7) is 12.7. The summed E-state index contributed by atoms with van der Waals surface area (Å²) in [7, 11) is 0. The quantitative estimate of drug-likeness (QED) is 0.713. The number of hydrogen-bond acceptors (Lipinski definition) is 3. The Morgan fingerprint density at radius 1 is 1.17 bits per heavy atom. The van der Waals surface area contributed by atoms with Crippen molar-refractivity contribution in [2.24, 2.45) is 5.41 Å². The molecule has 1 amide bonds. The Morgan fingerprint density at radius 2 is 1.77 bits per heavy atom. The smallest absolute Gasteiger partial charge is 0.363 e. The van der Waals surface area contributed by atoms with E-state index in [9.17, 15) is 18.0 Å². The van der Waals surface area contributed by atoms with Gasteiger partial charge in [-0.05, 0) is 55.5 Å². The first-order valence-corrected chi connectivity index (χ1v) is 10.1. The van der Waals surface area contributed by atoms with Crippen LogP contribution in [0, 0.1) is 19.3 Å². The van der Waals surface area contributed by atoms with Crippen molar-refractivity contribution in [1.82, 2.24) is 9.78 Å². The molecule has 0 aliphatic carbocycles. The van der Waals surface area contributed by atoms with E-state index in [2.05, 4.69) is 15.3 Å². The fourth-order valence-electron chi connectivity index (χ4n) is 3.91. The summed E-state index contributed by atoms with van der Waals surface area (Å²) in [5.41, 5.74) is 3.15. The van der Waals surface area contributed by atoms with Gasteiger partial charge in [0.15, 0.2) is 5.69 Å². The van der Waals surface area contributed by atoms with Gasteiger partial charge in [-0.1, -0.05) is 20.8 Å². The summed E-state index contributed by atoms with van der Waals surface area (Å²) >= 11 is 0. The Bertz CT molecular complexity index is 933. The fraction of sp³-hybridized carbons (Fsp3) is 0.545. The van der Waals surface area contributed by atoms with Crippen LogP contribution in [-0.4, -0.2) is 22.2 Å². The summed E-state index contributed by atoms with van der Waals surface area (Å²) < 4.78 is 40.6. The Morgan fingerprint density at radius 3 is 2.30 bits per heavy atom. The number of halogens is 3. The van der Waals surface area contributed by atoms with E-state index in [-0.39, 0.29) is 17.4 Å². The highest BCUT2D eigenvalue weighted by Gasteiger charge is 2.37. The lowest BCUT2D eigenvalue weighted by molar-refractivity contribution is -0.141. The lowest BCUT2D eigenvalue weighted by Gasteiger charge is -2.34. The first kappa shape index (κ1) is 22.2. The van der Waals surface area contributed by atoms with Gasteiger partial charge in [0.2, 0.25) is 5.91 Å². The topological polar surface area (TPSA) is 50.2 Å². The molecule has 0 spiro atoms. The molecule has 0 fully saturated rings. The molecule has 30 heavy (non-hydrogen) atoms. The molecule has 164 valence electrons. The molecular weight excluding hydrogens is 393 g/mol. The molecule has 1 atom stereocenters. The van der Waals surface area contributed by atoms with Gasteiger partial charge in [-0.25, -0.2) is 0 Å². The largest absolute Gasteiger partial charge is 0.435 e. The predicted octanol–water partition coefficient (Wildman–Crippen LogP) is 5.47. The van der Waals surface area contributed by atoms with Crippen LogP contribution < -0.4 is 10.2 Å². The van der Waals surface area contributed by atoms with Gasteiger partial charge < -0.3 is 10.2 Å². The Kier molecular flexibility index (Phi) is 5.64. The fourth-order valence-corrected chi connectivity index (χ4v) is 3.91. The van der Waals surface area contributed by atoms with Crippen LogP contribution in [0.3, 0.4) is 0 Å². The number of aryl methyl sites for hydroxylation is 2. The van der Waals surface area contributed by atoms with E-state index in [4.69, 9.17) is 0 Å². The molecule has 1 aromatic carbocycles. The molecule has 1 unspecified atom stereocenters. The SMILES string of the molecule is Cc1cc(N2Cc3cc(C(F)(F)F)nn3C(C)C2)cc(C)c1NC(=O)CC(C)(C)C. The van der Waals surface area contributed by atoms with Gasteiger partial charge in [-0.2, -0.15) is 18.3 Å². The van der Waals surface area contributed by atoms with Gasteiger partial charge in [0, 0.05) is 24.3 Å². The number of hydrogen-bond donors (Lipinski definition) is 1. The molecule has 0 saturated heterocycles. The van der Waals surface area contributed by atoms with Crippen molar-refractivity contribution in [2.75, 3.05) is 16.8 Å². The summed E-state index contributed by atoms with van der Waals surface area (Å²) in [4.78, 5) is 14.4. The van der Waals surface area contributed by atoms with Crippen LogP contribution in [0.4, 0.5) is 24.5 Å². The first-order valence-electron chi connectivity index (χ1n) is 10.1. The highest BCUT2D eigenvalue weighted by atomic mass is 19.4. The normalized spacial score (nSPS) is 17.1. The van der Waals surface area contributed by atoms with E-state index in [1.807, 2.05) is 53.7 Å². The second-order valence-electron chi connectivity index (χ2n) is 9.43. The molecule has 1 aliphatic rings. The maximum absolute atomic E-state index is 13.1. The number of nitrogens with one attached hydrogen (secondary N) is 1. The number of alkyl halides is 3. The van der Waals surface area contributed by atoms with E-state index in [1.165, 1.54) is 4.68 Å². The molecule has 0 saturated carbocycles. The van der Waals surface area contributed by atoms with E-state index in [0.29, 0.717) is 25.2 Å². The van der Waals surface area contributed by atoms with Crippen molar-refractivity contribution in [1.29, 1.82) is 0 Å². The Labute approximate surface area is 175 Å². The minimum Gasteiger partial charge on any atom is -0.363 e. The van der Waals surface area contributed by atoms with Crippen LogP contribution >= 0.6 is 0 Å². The molecule has 2 heterocycles.